The number of rotatable bonds is 8. The van der Waals surface area contributed by atoms with Crippen LogP contribution in [0.5, 0.6) is 0 Å². The fourth-order valence-electron chi connectivity index (χ4n) is 2.80. The summed E-state index contributed by atoms with van der Waals surface area (Å²) in [6, 6.07) is -0.775. The van der Waals surface area contributed by atoms with Crippen molar-refractivity contribution in [2.75, 3.05) is 19.0 Å². The zero-order valence-electron chi connectivity index (χ0n) is 16.2. The van der Waals surface area contributed by atoms with Gasteiger partial charge in [0.25, 0.3) is 0 Å². The highest BCUT2D eigenvalue weighted by molar-refractivity contribution is 7.99. The van der Waals surface area contributed by atoms with Crippen molar-refractivity contribution in [1.29, 1.82) is 0 Å². The van der Waals surface area contributed by atoms with Gasteiger partial charge in [-0.25, -0.2) is 0 Å². The predicted molar refractivity (Wildman–Crippen MR) is 96.2 cm³/mol. The molecular formula is C17H25NO9S. The highest BCUT2D eigenvalue weighted by Gasteiger charge is 2.51. The Labute approximate surface area is 166 Å². The number of ether oxygens (including phenoxy) is 5. The van der Waals surface area contributed by atoms with Gasteiger partial charge in [-0.05, 0) is 0 Å². The van der Waals surface area contributed by atoms with Gasteiger partial charge in [0.1, 0.15) is 24.2 Å². The second-order valence-electron chi connectivity index (χ2n) is 6.51. The van der Waals surface area contributed by atoms with Crippen LogP contribution in [0.4, 0.5) is 0 Å². The summed E-state index contributed by atoms with van der Waals surface area (Å²) in [6.45, 7) is 5.42. The fraction of sp³-hybridized carbons (Fsp3) is 0.765. The van der Waals surface area contributed by atoms with E-state index in [4.69, 9.17) is 23.7 Å². The molecule has 2 aliphatic rings. The Hall–Kier alpha value is -1.85. The summed E-state index contributed by atoms with van der Waals surface area (Å²) in [7, 11) is 0. The standard InChI is InChI=1S/C17H25NO9S/c1-8(19)18-14-16(26-11(4)22)15(25-10(3)21)13(6-23-9(2)20)27-17(14)28-7-12-5-24-12/h12-17H,5-7H2,1-4H3,(H,18,19)/t12?,13-,14-,15-,16-,17+/m1/s1. The van der Waals surface area contributed by atoms with Crippen molar-refractivity contribution in [2.45, 2.75) is 63.6 Å². The number of hydrogen-bond acceptors (Lipinski definition) is 10. The third-order valence-corrected chi connectivity index (χ3v) is 5.22. The molecular weight excluding hydrogens is 394 g/mol. The highest BCUT2D eigenvalue weighted by Crippen LogP contribution is 2.34. The van der Waals surface area contributed by atoms with Gasteiger partial charge in [-0.3, -0.25) is 19.2 Å². The lowest BCUT2D eigenvalue weighted by molar-refractivity contribution is -0.211. The molecule has 0 aromatic carbocycles. The minimum absolute atomic E-state index is 0.0943. The van der Waals surface area contributed by atoms with Crippen molar-refractivity contribution in [3.63, 3.8) is 0 Å². The van der Waals surface area contributed by atoms with E-state index in [9.17, 15) is 19.2 Å². The molecule has 28 heavy (non-hydrogen) atoms. The number of epoxide rings is 1. The lowest BCUT2D eigenvalue weighted by Crippen LogP contribution is -2.65. The van der Waals surface area contributed by atoms with Gasteiger partial charge in [-0.1, -0.05) is 0 Å². The molecule has 2 saturated heterocycles. The summed E-state index contributed by atoms with van der Waals surface area (Å²) in [5, 5.41) is 2.72. The maximum atomic E-state index is 11.7. The minimum atomic E-state index is -1.06. The molecule has 1 unspecified atom stereocenters. The first-order valence-corrected chi connectivity index (χ1v) is 9.85. The maximum Gasteiger partial charge on any atom is 0.303 e. The molecule has 0 radical (unpaired) electrons. The van der Waals surface area contributed by atoms with Gasteiger partial charge in [0, 0.05) is 33.4 Å². The van der Waals surface area contributed by atoms with E-state index >= 15 is 0 Å². The quantitative estimate of drug-likeness (QED) is 0.320. The van der Waals surface area contributed by atoms with E-state index in [2.05, 4.69) is 5.32 Å². The number of amides is 1. The number of thioether (sulfide) groups is 1. The van der Waals surface area contributed by atoms with Crippen molar-refractivity contribution in [2.24, 2.45) is 0 Å². The SMILES string of the molecule is CC(=O)N[C@@H]1[C@@H](OC(C)=O)[C@H](OC(C)=O)[C@@H](COC(C)=O)O[C@H]1SCC1CO1. The first-order valence-electron chi connectivity index (χ1n) is 8.81. The molecule has 0 aliphatic carbocycles. The molecule has 2 fully saturated rings. The average Bonchev–Trinajstić information content (AvgIpc) is 3.38. The van der Waals surface area contributed by atoms with E-state index in [-0.39, 0.29) is 18.6 Å². The normalized spacial score (nSPS) is 31.4. The van der Waals surface area contributed by atoms with Crippen LogP contribution in [0.15, 0.2) is 0 Å². The van der Waals surface area contributed by atoms with Crippen molar-refractivity contribution in [1.82, 2.24) is 5.32 Å². The first-order chi connectivity index (χ1) is 13.2. The summed E-state index contributed by atoms with van der Waals surface area (Å²) >= 11 is 1.37. The monoisotopic (exact) mass is 419 g/mol. The maximum absolute atomic E-state index is 11.7. The van der Waals surface area contributed by atoms with Crippen LogP contribution in [0.25, 0.3) is 0 Å². The van der Waals surface area contributed by atoms with E-state index in [0.29, 0.717) is 12.4 Å². The number of esters is 3. The molecule has 2 aliphatic heterocycles. The second-order valence-corrected chi connectivity index (χ2v) is 7.64. The Kier molecular flexibility index (Phi) is 8.08. The molecule has 0 bridgehead atoms. The smallest absolute Gasteiger partial charge is 0.303 e. The molecule has 6 atom stereocenters. The van der Waals surface area contributed by atoms with E-state index in [0.717, 1.165) is 0 Å². The zero-order chi connectivity index (χ0) is 20.8. The average molecular weight is 419 g/mol. The van der Waals surface area contributed by atoms with Gasteiger partial charge >= 0.3 is 17.9 Å². The van der Waals surface area contributed by atoms with Crippen molar-refractivity contribution >= 4 is 35.6 Å². The minimum Gasteiger partial charge on any atom is -0.463 e. The van der Waals surface area contributed by atoms with Crippen LogP contribution in [-0.2, 0) is 42.9 Å². The van der Waals surface area contributed by atoms with Crippen LogP contribution in [-0.4, -0.2) is 78.7 Å². The molecule has 11 heteroatoms. The molecule has 10 nitrogen and oxygen atoms in total. The van der Waals surface area contributed by atoms with Crippen molar-refractivity contribution < 1.29 is 42.9 Å². The van der Waals surface area contributed by atoms with Gasteiger partial charge < -0.3 is 29.0 Å². The van der Waals surface area contributed by atoms with Crippen molar-refractivity contribution in [3.05, 3.63) is 0 Å². The van der Waals surface area contributed by atoms with Crippen LogP contribution in [0, 0.1) is 0 Å². The predicted octanol–water partition coefficient (Wildman–Crippen LogP) is -0.225. The second kappa shape index (κ2) is 10.1. The lowest BCUT2D eigenvalue weighted by Gasteiger charge is -2.45. The van der Waals surface area contributed by atoms with E-state index < -0.39 is 47.7 Å². The van der Waals surface area contributed by atoms with Crippen LogP contribution < -0.4 is 5.32 Å². The molecule has 0 aromatic heterocycles. The molecule has 0 saturated carbocycles. The van der Waals surface area contributed by atoms with E-state index in [1.165, 1.54) is 39.5 Å². The van der Waals surface area contributed by atoms with E-state index in [1.807, 2.05) is 0 Å². The summed E-state index contributed by atoms with van der Waals surface area (Å²) in [4.78, 5) is 46.3. The van der Waals surface area contributed by atoms with Crippen LogP contribution in [0.2, 0.25) is 0 Å². The van der Waals surface area contributed by atoms with Gasteiger partial charge in [0.2, 0.25) is 5.91 Å². The number of nitrogens with one attached hydrogen (secondary N) is 1. The Morgan fingerprint density at radius 3 is 2.11 bits per heavy atom. The molecule has 0 aromatic rings. The van der Waals surface area contributed by atoms with E-state index in [1.54, 1.807) is 0 Å². The topological polar surface area (TPSA) is 130 Å². The Bertz CT molecular complexity index is 609. The Balaban J connectivity index is 2.29. The highest BCUT2D eigenvalue weighted by atomic mass is 32.2. The summed E-state index contributed by atoms with van der Waals surface area (Å²) in [5.74, 6) is -1.53. The number of carbonyl (C=O) groups is 4. The van der Waals surface area contributed by atoms with Crippen LogP contribution in [0.3, 0.4) is 0 Å². The summed E-state index contributed by atoms with van der Waals surface area (Å²) in [5.41, 5.74) is -0.634. The number of carbonyl (C=O) groups excluding carboxylic acids is 4. The zero-order valence-corrected chi connectivity index (χ0v) is 17.0. The Morgan fingerprint density at radius 1 is 1.00 bits per heavy atom. The van der Waals surface area contributed by atoms with Gasteiger partial charge in [-0.2, -0.15) is 0 Å². The lowest BCUT2D eigenvalue weighted by atomic mass is 9.97. The number of hydrogen-bond donors (Lipinski definition) is 1. The fourth-order valence-corrected chi connectivity index (χ4v) is 4.05. The van der Waals surface area contributed by atoms with Gasteiger partial charge in [0.15, 0.2) is 12.2 Å². The molecule has 2 heterocycles. The third kappa shape index (κ3) is 6.95. The molecule has 2 rings (SSSR count). The van der Waals surface area contributed by atoms with Crippen molar-refractivity contribution in [3.8, 4) is 0 Å². The van der Waals surface area contributed by atoms with Gasteiger partial charge in [-0.15, -0.1) is 11.8 Å². The Morgan fingerprint density at radius 2 is 1.61 bits per heavy atom. The first kappa shape index (κ1) is 22.4. The van der Waals surface area contributed by atoms with Crippen LogP contribution >= 0.6 is 11.8 Å². The largest absolute Gasteiger partial charge is 0.463 e. The van der Waals surface area contributed by atoms with Crippen LogP contribution in [0.1, 0.15) is 27.7 Å². The van der Waals surface area contributed by atoms with Gasteiger partial charge in [0.05, 0.1) is 12.7 Å². The molecule has 0 spiro atoms. The summed E-state index contributed by atoms with van der Waals surface area (Å²) < 4.78 is 27.0. The summed E-state index contributed by atoms with van der Waals surface area (Å²) in [6.07, 6.45) is -2.86. The molecule has 1 N–H and O–H groups in total. The third-order valence-electron chi connectivity index (χ3n) is 3.92. The molecule has 158 valence electrons. The molecule has 1 amide bonds.